The Morgan fingerprint density at radius 2 is 2.19 bits per heavy atom. The maximum atomic E-state index is 12.9. The van der Waals surface area contributed by atoms with E-state index in [1.807, 2.05) is 24.8 Å². The highest BCUT2D eigenvalue weighted by molar-refractivity contribution is 5.99. The first kappa shape index (κ1) is 14.0. The van der Waals surface area contributed by atoms with E-state index in [9.17, 15) is 4.79 Å². The van der Waals surface area contributed by atoms with E-state index in [-0.39, 0.29) is 5.91 Å². The van der Waals surface area contributed by atoms with E-state index in [1.165, 1.54) is 6.42 Å². The average molecular weight is 286 g/mol. The number of rotatable bonds is 2. The van der Waals surface area contributed by atoms with E-state index in [1.54, 1.807) is 10.7 Å². The van der Waals surface area contributed by atoms with Crippen molar-refractivity contribution in [1.29, 1.82) is 0 Å². The van der Waals surface area contributed by atoms with Gasteiger partial charge in [0.1, 0.15) is 5.56 Å². The van der Waals surface area contributed by atoms with Crippen LogP contribution in [-0.4, -0.2) is 38.0 Å². The highest BCUT2D eigenvalue weighted by atomic mass is 16.2. The predicted octanol–water partition coefficient (Wildman–Crippen LogP) is 2.75. The smallest absolute Gasteiger partial charge is 0.259 e. The van der Waals surface area contributed by atoms with Gasteiger partial charge in [-0.1, -0.05) is 6.92 Å². The molecule has 0 bridgehead atoms. The summed E-state index contributed by atoms with van der Waals surface area (Å²) < 4.78 is 1.76. The summed E-state index contributed by atoms with van der Waals surface area (Å²) in [4.78, 5) is 19.4. The number of likely N-dealkylation sites (tertiary alicyclic amines) is 1. The van der Waals surface area contributed by atoms with Crippen molar-refractivity contribution in [1.82, 2.24) is 19.5 Å². The summed E-state index contributed by atoms with van der Waals surface area (Å²) in [6.07, 6.45) is 6.09. The maximum absolute atomic E-state index is 12.9. The number of nitrogens with zero attached hydrogens (tertiary/aromatic N) is 4. The van der Waals surface area contributed by atoms with Crippen LogP contribution < -0.4 is 0 Å². The van der Waals surface area contributed by atoms with Gasteiger partial charge in [0.05, 0.1) is 6.20 Å². The number of hydrogen-bond acceptors (Lipinski definition) is 3. The zero-order valence-electron chi connectivity index (χ0n) is 13.0. The molecule has 5 nitrogen and oxygen atoms in total. The van der Waals surface area contributed by atoms with Gasteiger partial charge in [0.2, 0.25) is 0 Å². The number of amides is 1. The largest absolute Gasteiger partial charge is 0.336 e. The molecule has 112 valence electrons. The Kier molecular flexibility index (Phi) is 3.66. The van der Waals surface area contributed by atoms with Crippen molar-refractivity contribution < 1.29 is 4.79 Å². The molecule has 1 aliphatic rings. The first-order valence-electron chi connectivity index (χ1n) is 7.74. The Labute approximate surface area is 125 Å². The first-order chi connectivity index (χ1) is 10.1. The molecule has 2 aromatic heterocycles. The third-order valence-electron chi connectivity index (χ3n) is 4.37. The van der Waals surface area contributed by atoms with Crippen LogP contribution in [0.5, 0.6) is 0 Å². The van der Waals surface area contributed by atoms with Crippen LogP contribution >= 0.6 is 0 Å². The first-order valence-corrected chi connectivity index (χ1v) is 7.74. The van der Waals surface area contributed by atoms with Gasteiger partial charge in [-0.25, -0.2) is 9.50 Å². The summed E-state index contributed by atoms with van der Waals surface area (Å²) in [5.41, 5.74) is 3.22. The molecule has 1 amide bonds. The van der Waals surface area contributed by atoms with E-state index < -0.39 is 0 Å². The summed E-state index contributed by atoms with van der Waals surface area (Å²) in [5, 5.41) is 4.33. The van der Waals surface area contributed by atoms with Crippen molar-refractivity contribution in [3.63, 3.8) is 0 Å². The highest BCUT2D eigenvalue weighted by Gasteiger charge is 2.28. The van der Waals surface area contributed by atoms with Crippen molar-refractivity contribution in [3.8, 4) is 0 Å². The molecule has 5 heteroatoms. The molecule has 2 aromatic rings. The fourth-order valence-corrected chi connectivity index (χ4v) is 3.27. The lowest BCUT2D eigenvalue weighted by atomic mass is 9.99. The van der Waals surface area contributed by atoms with Gasteiger partial charge in [0.25, 0.3) is 5.91 Å². The lowest BCUT2D eigenvalue weighted by molar-refractivity contribution is 0.0610. The lowest BCUT2D eigenvalue weighted by Crippen LogP contribution is -2.43. The molecule has 0 radical (unpaired) electrons. The van der Waals surface area contributed by atoms with E-state index in [4.69, 9.17) is 0 Å². The van der Waals surface area contributed by atoms with Gasteiger partial charge in [-0.05, 0) is 45.6 Å². The molecule has 3 heterocycles. The second-order valence-corrected chi connectivity index (χ2v) is 5.89. The van der Waals surface area contributed by atoms with Gasteiger partial charge in [-0.3, -0.25) is 4.79 Å². The minimum Gasteiger partial charge on any atom is -0.336 e. The van der Waals surface area contributed by atoms with E-state index >= 15 is 0 Å². The molecule has 1 fully saturated rings. The zero-order chi connectivity index (χ0) is 15.0. The molecule has 21 heavy (non-hydrogen) atoms. The van der Waals surface area contributed by atoms with Gasteiger partial charge >= 0.3 is 0 Å². The van der Waals surface area contributed by atoms with Gasteiger partial charge in [0, 0.05) is 24.0 Å². The zero-order valence-corrected chi connectivity index (χ0v) is 13.0. The molecule has 1 atom stereocenters. The lowest BCUT2D eigenvalue weighted by Gasteiger charge is -2.35. The van der Waals surface area contributed by atoms with E-state index in [0.29, 0.717) is 17.3 Å². The number of aromatic nitrogens is 3. The highest BCUT2D eigenvalue weighted by Crippen LogP contribution is 2.23. The monoisotopic (exact) mass is 286 g/mol. The van der Waals surface area contributed by atoms with Crippen molar-refractivity contribution in [2.45, 2.75) is 52.5 Å². The number of piperidine rings is 1. The number of fused-ring (bicyclic) bond motifs is 1. The molecular formula is C16H22N4O. The van der Waals surface area contributed by atoms with Crippen molar-refractivity contribution in [2.75, 3.05) is 6.54 Å². The van der Waals surface area contributed by atoms with Crippen LogP contribution in [0.2, 0.25) is 0 Å². The van der Waals surface area contributed by atoms with E-state index in [0.717, 1.165) is 37.2 Å². The molecule has 1 aliphatic heterocycles. The van der Waals surface area contributed by atoms with Crippen LogP contribution in [0.4, 0.5) is 0 Å². The van der Waals surface area contributed by atoms with Crippen LogP contribution in [-0.2, 0) is 0 Å². The predicted molar refractivity (Wildman–Crippen MR) is 81.4 cm³/mol. The quantitative estimate of drug-likeness (QED) is 0.853. The van der Waals surface area contributed by atoms with Crippen LogP contribution in [0.3, 0.4) is 0 Å². The minimum absolute atomic E-state index is 0.0778. The fourth-order valence-electron chi connectivity index (χ4n) is 3.27. The molecule has 0 aromatic carbocycles. The number of hydrogen-bond donors (Lipinski definition) is 0. The normalized spacial score (nSPS) is 19.2. The Hall–Kier alpha value is -1.91. The molecule has 3 rings (SSSR count). The Morgan fingerprint density at radius 3 is 2.95 bits per heavy atom. The van der Waals surface area contributed by atoms with Crippen molar-refractivity contribution in [2.24, 2.45) is 0 Å². The Balaban J connectivity index is 2.01. The van der Waals surface area contributed by atoms with Gasteiger partial charge < -0.3 is 4.90 Å². The van der Waals surface area contributed by atoms with Gasteiger partial charge in [0.15, 0.2) is 5.65 Å². The summed E-state index contributed by atoms with van der Waals surface area (Å²) in [6, 6.07) is 2.33. The van der Waals surface area contributed by atoms with E-state index in [2.05, 4.69) is 17.0 Å². The Morgan fingerprint density at radius 1 is 1.38 bits per heavy atom. The number of carbonyl (C=O) groups excluding carboxylic acids is 1. The summed E-state index contributed by atoms with van der Waals surface area (Å²) >= 11 is 0. The summed E-state index contributed by atoms with van der Waals surface area (Å²) in [6.45, 7) is 6.93. The molecule has 0 N–H and O–H groups in total. The fraction of sp³-hybridized carbons (Fsp3) is 0.562. The molecule has 0 spiro atoms. The van der Waals surface area contributed by atoms with Crippen molar-refractivity contribution >= 4 is 11.6 Å². The third kappa shape index (κ3) is 2.41. The molecule has 0 aliphatic carbocycles. The molecular weight excluding hydrogens is 264 g/mol. The summed E-state index contributed by atoms with van der Waals surface area (Å²) in [7, 11) is 0. The second kappa shape index (κ2) is 5.47. The average Bonchev–Trinajstić information content (AvgIpc) is 2.90. The SMILES string of the molecule is CCC1CCCCN1C(=O)c1cnn2c(C)cc(C)nc12. The molecule has 1 unspecified atom stereocenters. The van der Waals surface area contributed by atoms with Crippen LogP contribution in [0.1, 0.15) is 54.4 Å². The standard InChI is InChI=1S/C16H22N4O/c1-4-13-7-5-6-8-19(13)16(21)14-10-17-20-12(3)9-11(2)18-15(14)20/h9-10,13H,4-8H2,1-3H3. The maximum Gasteiger partial charge on any atom is 0.259 e. The summed E-state index contributed by atoms with van der Waals surface area (Å²) in [5.74, 6) is 0.0778. The molecule has 1 saturated heterocycles. The van der Waals surface area contributed by atoms with Crippen molar-refractivity contribution in [3.05, 3.63) is 29.2 Å². The van der Waals surface area contributed by atoms with Crippen LogP contribution in [0.25, 0.3) is 5.65 Å². The second-order valence-electron chi connectivity index (χ2n) is 5.89. The van der Waals surface area contributed by atoms with Gasteiger partial charge in [-0.15, -0.1) is 0 Å². The van der Waals surface area contributed by atoms with Gasteiger partial charge in [-0.2, -0.15) is 5.10 Å². The number of carbonyl (C=O) groups is 1. The minimum atomic E-state index is 0.0778. The molecule has 0 saturated carbocycles. The Bertz CT molecular complexity index is 676. The third-order valence-corrected chi connectivity index (χ3v) is 4.37. The van der Waals surface area contributed by atoms with Crippen LogP contribution in [0, 0.1) is 13.8 Å². The topological polar surface area (TPSA) is 50.5 Å². The number of aryl methyl sites for hydroxylation is 2. The van der Waals surface area contributed by atoms with Crippen LogP contribution in [0.15, 0.2) is 12.3 Å².